The molecule has 0 aliphatic carbocycles. The van der Waals surface area contributed by atoms with Gasteiger partial charge in [-0.15, -0.1) is 0 Å². The molecule has 0 aromatic heterocycles. The largest absolute Gasteiger partial charge is 0.482 e. The third kappa shape index (κ3) is 4.99. The van der Waals surface area contributed by atoms with Gasteiger partial charge >= 0.3 is 0 Å². The van der Waals surface area contributed by atoms with E-state index >= 15 is 0 Å². The van der Waals surface area contributed by atoms with Crippen LogP contribution in [0.1, 0.15) is 18.1 Å². The van der Waals surface area contributed by atoms with Crippen molar-refractivity contribution in [1.82, 2.24) is 0 Å². The highest BCUT2D eigenvalue weighted by Crippen LogP contribution is 2.29. The first-order valence-corrected chi connectivity index (χ1v) is 7.80. The first-order valence-electron chi connectivity index (χ1n) is 7.42. The number of halogens is 1. The summed E-state index contributed by atoms with van der Waals surface area (Å²) in [7, 11) is 0. The fourth-order valence-corrected chi connectivity index (χ4v) is 2.64. The molecule has 6 heteroatoms. The number of aryl methyl sites for hydroxylation is 2. The maximum absolute atomic E-state index is 12.0. The standard InChI is InChI=1S/C18H19ClN2O3/c1-11-8-12(2)18(16(19)9-11)24-10-17(23)21-15-6-4-14(5-7-15)20-13(3)22/h4-9H,10H2,1-3H3,(H,20,22)(H,21,23). The zero-order valence-electron chi connectivity index (χ0n) is 13.8. The highest BCUT2D eigenvalue weighted by atomic mass is 35.5. The van der Waals surface area contributed by atoms with Gasteiger partial charge in [0.2, 0.25) is 5.91 Å². The van der Waals surface area contributed by atoms with Crippen LogP contribution in [0.3, 0.4) is 0 Å². The van der Waals surface area contributed by atoms with Crippen LogP contribution in [-0.4, -0.2) is 18.4 Å². The van der Waals surface area contributed by atoms with Gasteiger partial charge in [0.05, 0.1) is 5.02 Å². The molecule has 0 bridgehead atoms. The molecular weight excluding hydrogens is 328 g/mol. The zero-order chi connectivity index (χ0) is 17.7. The molecule has 24 heavy (non-hydrogen) atoms. The number of hydrogen-bond acceptors (Lipinski definition) is 3. The second-order valence-corrected chi connectivity index (χ2v) is 5.90. The number of nitrogens with one attached hydrogen (secondary N) is 2. The zero-order valence-corrected chi connectivity index (χ0v) is 14.5. The smallest absolute Gasteiger partial charge is 0.262 e. The normalized spacial score (nSPS) is 10.2. The topological polar surface area (TPSA) is 67.4 Å². The van der Waals surface area contributed by atoms with Gasteiger partial charge in [-0.25, -0.2) is 0 Å². The van der Waals surface area contributed by atoms with Crippen molar-refractivity contribution < 1.29 is 14.3 Å². The van der Waals surface area contributed by atoms with E-state index in [1.807, 2.05) is 19.9 Å². The third-order valence-corrected chi connectivity index (χ3v) is 3.49. The average molecular weight is 347 g/mol. The van der Waals surface area contributed by atoms with Crippen LogP contribution in [0.4, 0.5) is 11.4 Å². The molecule has 5 nitrogen and oxygen atoms in total. The van der Waals surface area contributed by atoms with Crippen molar-refractivity contribution in [3.05, 3.63) is 52.5 Å². The van der Waals surface area contributed by atoms with Crippen LogP contribution < -0.4 is 15.4 Å². The number of ether oxygens (including phenoxy) is 1. The van der Waals surface area contributed by atoms with E-state index in [1.165, 1.54) is 6.92 Å². The van der Waals surface area contributed by atoms with Crippen LogP contribution in [-0.2, 0) is 9.59 Å². The molecule has 2 aromatic rings. The lowest BCUT2D eigenvalue weighted by Gasteiger charge is -2.12. The Bertz CT molecular complexity index is 734. The van der Waals surface area contributed by atoms with Gasteiger partial charge < -0.3 is 15.4 Å². The first-order chi connectivity index (χ1) is 11.3. The summed E-state index contributed by atoms with van der Waals surface area (Å²) in [5.74, 6) is 0.0715. The van der Waals surface area contributed by atoms with Gasteiger partial charge in [0.1, 0.15) is 5.75 Å². The quantitative estimate of drug-likeness (QED) is 0.861. The molecule has 2 amide bonds. The van der Waals surface area contributed by atoms with Gasteiger partial charge in [0.15, 0.2) is 6.61 Å². The maximum Gasteiger partial charge on any atom is 0.262 e. The van der Waals surface area contributed by atoms with Gasteiger partial charge in [0, 0.05) is 18.3 Å². The van der Waals surface area contributed by atoms with Crippen LogP contribution >= 0.6 is 11.6 Å². The minimum atomic E-state index is -0.293. The van der Waals surface area contributed by atoms with E-state index in [-0.39, 0.29) is 18.4 Å². The highest BCUT2D eigenvalue weighted by molar-refractivity contribution is 6.32. The van der Waals surface area contributed by atoms with E-state index in [9.17, 15) is 9.59 Å². The lowest BCUT2D eigenvalue weighted by Crippen LogP contribution is -2.20. The minimum absolute atomic E-state index is 0.142. The minimum Gasteiger partial charge on any atom is -0.482 e. The molecule has 0 saturated heterocycles. The predicted molar refractivity (Wildman–Crippen MR) is 95.8 cm³/mol. The van der Waals surface area contributed by atoms with Gasteiger partial charge in [-0.05, 0) is 55.3 Å². The molecule has 0 saturated carbocycles. The van der Waals surface area contributed by atoms with Crippen molar-refractivity contribution in [2.24, 2.45) is 0 Å². The van der Waals surface area contributed by atoms with E-state index in [2.05, 4.69) is 10.6 Å². The molecule has 2 rings (SSSR count). The Hall–Kier alpha value is -2.53. The van der Waals surface area contributed by atoms with Gasteiger partial charge in [-0.2, -0.15) is 0 Å². The van der Waals surface area contributed by atoms with Crippen molar-refractivity contribution in [2.45, 2.75) is 20.8 Å². The van der Waals surface area contributed by atoms with Gasteiger partial charge in [-0.3, -0.25) is 9.59 Å². The van der Waals surface area contributed by atoms with Gasteiger partial charge in [-0.1, -0.05) is 17.7 Å². The number of anilines is 2. The molecule has 0 heterocycles. The second kappa shape index (κ2) is 7.84. The van der Waals surface area contributed by atoms with E-state index in [1.54, 1.807) is 30.3 Å². The summed E-state index contributed by atoms with van der Waals surface area (Å²) in [4.78, 5) is 23.0. The molecule has 2 N–H and O–H groups in total. The van der Waals surface area contributed by atoms with Crippen molar-refractivity contribution >= 4 is 34.8 Å². The Morgan fingerprint density at radius 2 is 1.62 bits per heavy atom. The Balaban J connectivity index is 1.93. The second-order valence-electron chi connectivity index (χ2n) is 5.49. The van der Waals surface area contributed by atoms with E-state index in [0.717, 1.165) is 11.1 Å². The van der Waals surface area contributed by atoms with E-state index in [0.29, 0.717) is 22.1 Å². The lowest BCUT2D eigenvalue weighted by molar-refractivity contribution is -0.118. The first kappa shape index (κ1) is 17.8. The molecule has 0 radical (unpaired) electrons. The number of carbonyl (C=O) groups excluding carboxylic acids is 2. The summed E-state index contributed by atoms with van der Waals surface area (Å²) < 4.78 is 5.53. The predicted octanol–water partition coefficient (Wildman–Crippen LogP) is 3.93. The Labute approximate surface area is 146 Å². The van der Waals surface area contributed by atoms with Crippen molar-refractivity contribution in [3.8, 4) is 5.75 Å². The Kier molecular flexibility index (Phi) is 5.82. The molecule has 0 aliphatic heterocycles. The maximum atomic E-state index is 12.0. The number of amides is 2. The molecule has 2 aromatic carbocycles. The number of benzene rings is 2. The monoisotopic (exact) mass is 346 g/mol. The van der Waals surface area contributed by atoms with Crippen molar-refractivity contribution in [1.29, 1.82) is 0 Å². The van der Waals surface area contributed by atoms with Crippen LogP contribution in [0.15, 0.2) is 36.4 Å². The fourth-order valence-electron chi connectivity index (χ4n) is 2.26. The van der Waals surface area contributed by atoms with Gasteiger partial charge in [0.25, 0.3) is 5.91 Å². The molecule has 0 spiro atoms. The summed E-state index contributed by atoms with van der Waals surface area (Å²) in [6, 6.07) is 10.6. The molecule has 0 atom stereocenters. The fraction of sp³-hybridized carbons (Fsp3) is 0.222. The molecule has 0 unspecified atom stereocenters. The number of carbonyl (C=O) groups is 2. The van der Waals surface area contributed by atoms with Crippen molar-refractivity contribution in [2.75, 3.05) is 17.2 Å². The summed E-state index contributed by atoms with van der Waals surface area (Å²) in [5, 5.41) is 5.87. The van der Waals surface area contributed by atoms with Crippen LogP contribution in [0.25, 0.3) is 0 Å². The lowest BCUT2D eigenvalue weighted by atomic mass is 10.1. The number of hydrogen-bond donors (Lipinski definition) is 2. The Morgan fingerprint density at radius 1 is 1.04 bits per heavy atom. The van der Waals surface area contributed by atoms with Crippen molar-refractivity contribution in [3.63, 3.8) is 0 Å². The Morgan fingerprint density at radius 3 is 2.17 bits per heavy atom. The third-order valence-electron chi connectivity index (χ3n) is 3.21. The average Bonchev–Trinajstić information content (AvgIpc) is 2.47. The highest BCUT2D eigenvalue weighted by Gasteiger charge is 2.10. The summed E-state index contributed by atoms with van der Waals surface area (Å²) in [6.45, 7) is 5.12. The summed E-state index contributed by atoms with van der Waals surface area (Å²) in [6.07, 6.45) is 0. The van der Waals surface area contributed by atoms with E-state index in [4.69, 9.17) is 16.3 Å². The molecule has 126 valence electrons. The molecular formula is C18H19ClN2O3. The van der Waals surface area contributed by atoms with E-state index < -0.39 is 0 Å². The number of rotatable bonds is 5. The van der Waals surface area contributed by atoms with Crippen LogP contribution in [0.2, 0.25) is 5.02 Å². The SMILES string of the molecule is CC(=O)Nc1ccc(NC(=O)COc2c(C)cc(C)cc2Cl)cc1. The van der Waals surface area contributed by atoms with Crippen LogP contribution in [0, 0.1) is 13.8 Å². The summed E-state index contributed by atoms with van der Waals surface area (Å²) in [5.41, 5.74) is 3.20. The molecule has 0 fully saturated rings. The molecule has 0 aliphatic rings. The summed E-state index contributed by atoms with van der Waals surface area (Å²) >= 11 is 6.15. The van der Waals surface area contributed by atoms with Crippen LogP contribution in [0.5, 0.6) is 5.75 Å².